The van der Waals surface area contributed by atoms with E-state index in [1.165, 1.54) is 19.3 Å². The summed E-state index contributed by atoms with van der Waals surface area (Å²) < 4.78 is 0. The van der Waals surface area contributed by atoms with Gasteiger partial charge in [-0.2, -0.15) is 0 Å². The summed E-state index contributed by atoms with van der Waals surface area (Å²) in [5, 5.41) is 12.7. The highest BCUT2D eigenvalue weighted by Crippen LogP contribution is 2.42. The van der Waals surface area contributed by atoms with Gasteiger partial charge in [0.2, 0.25) is 0 Å². The van der Waals surface area contributed by atoms with Gasteiger partial charge in [0.05, 0.1) is 5.92 Å². The SMILES string of the molecule is CC1(C)CCCC1CNC1CCC(C(=O)O)CC1. The Balaban J connectivity index is 1.71. The maximum Gasteiger partial charge on any atom is 0.306 e. The third kappa shape index (κ3) is 3.25. The van der Waals surface area contributed by atoms with Crippen LogP contribution in [0.2, 0.25) is 0 Å². The molecule has 18 heavy (non-hydrogen) atoms. The largest absolute Gasteiger partial charge is 0.481 e. The standard InChI is InChI=1S/C15H27NO2/c1-15(2)9-3-4-12(15)10-16-13-7-5-11(6-8-13)14(17)18/h11-13,16H,3-10H2,1-2H3,(H,17,18). The van der Waals surface area contributed by atoms with E-state index >= 15 is 0 Å². The first-order valence-electron chi connectivity index (χ1n) is 7.45. The van der Waals surface area contributed by atoms with Crippen molar-refractivity contribution in [2.24, 2.45) is 17.3 Å². The Kier molecular flexibility index (Phi) is 4.31. The highest BCUT2D eigenvalue weighted by Gasteiger charge is 2.34. The van der Waals surface area contributed by atoms with Crippen molar-refractivity contribution in [3.05, 3.63) is 0 Å². The average molecular weight is 253 g/mol. The van der Waals surface area contributed by atoms with Crippen LogP contribution in [0.5, 0.6) is 0 Å². The number of hydrogen-bond acceptors (Lipinski definition) is 2. The molecule has 0 amide bonds. The Labute approximate surface area is 110 Å². The zero-order valence-corrected chi connectivity index (χ0v) is 11.7. The zero-order chi connectivity index (χ0) is 13.2. The molecule has 3 heteroatoms. The first-order valence-corrected chi connectivity index (χ1v) is 7.45. The Morgan fingerprint density at radius 3 is 2.39 bits per heavy atom. The van der Waals surface area contributed by atoms with Crippen LogP contribution in [0.4, 0.5) is 0 Å². The monoisotopic (exact) mass is 253 g/mol. The number of carbonyl (C=O) groups is 1. The lowest BCUT2D eigenvalue weighted by atomic mass is 9.81. The summed E-state index contributed by atoms with van der Waals surface area (Å²) in [5.41, 5.74) is 0.491. The lowest BCUT2D eigenvalue weighted by molar-refractivity contribution is -0.142. The van der Waals surface area contributed by atoms with Crippen LogP contribution >= 0.6 is 0 Å². The van der Waals surface area contributed by atoms with Gasteiger partial charge in [-0.15, -0.1) is 0 Å². The van der Waals surface area contributed by atoms with Gasteiger partial charge in [0, 0.05) is 6.04 Å². The van der Waals surface area contributed by atoms with Crippen LogP contribution in [0.3, 0.4) is 0 Å². The Hall–Kier alpha value is -0.570. The molecule has 2 N–H and O–H groups in total. The molecular formula is C15H27NO2. The van der Waals surface area contributed by atoms with Crippen molar-refractivity contribution in [1.82, 2.24) is 5.32 Å². The highest BCUT2D eigenvalue weighted by molar-refractivity contribution is 5.70. The predicted octanol–water partition coefficient (Wildman–Crippen LogP) is 3.05. The molecule has 0 aromatic rings. The molecule has 0 radical (unpaired) electrons. The molecule has 2 fully saturated rings. The van der Waals surface area contributed by atoms with Crippen molar-refractivity contribution in [3.8, 4) is 0 Å². The highest BCUT2D eigenvalue weighted by atomic mass is 16.4. The maximum absolute atomic E-state index is 10.9. The van der Waals surface area contributed by atoms with E-state index in [0.29, 0.717) is 11.5 Å². The van der Waals surface area contributed by atoms with Gasteiger partial charge < -0.3 is 10.4 Å². The van der Waals surface area contributed by atoms with Crippen LogP contribution in [0.15, 0.2) is 0 Å². The van der Waals surface area contributed by atoms with Crippen molar-refractivity contribution in [1.29, 1.82) is 0 Å². The molecule has 2 rings (SSSR count). The van der Waals surface area contributed by atoms with Crippen molar-refractivity contribution in [2.45, 2.75) is 64.8 Å². The molecule has 0 aromatic carbocycles. The quantitative estimate of drug-likeness (QED) is 0.809. The normalized spacial score (nSPS) is 35.6. The van der Waals surface area contributed by atoms with Gasteiger partial charge in [-0.3, -0.25) is 4.79 Å². The van der Waals surface area contributed by atoms with Crippen LogP contribution < -0.4 is 5.32 Å². The minimum Gasteiger partial charge on any atom is -0.481 e. The predicted molar refractivity (Wildman–Crippen MR) is 72.5 cm³/mol. The molecule has 3 nitrogen and oxygen atoms in total. The van der Waals surface area contributed by atoms with Crippen molar-refractivity contribution < 1.29 is 9.90 Å². The molecule has 0 spiro atoms. The Bertz CT molecular complexity index is 293. The minimum absolute atomic E-state index is 0.0917. The molecule has 0 saturated heterocycles. The van der Waals surface area contributed by atoms with Gasteiger partial charge in [0.25, 0.3) is 0 Å². The molecule has 0 heterocycles. The van der Waals surface area contributed by atoms with Crippen molar-refractivity contribution in [3.63, 3.8) is 0 Å². The average Bonchev–Trinajstić information content (AvgIpc) is 2.66. The summed E-state index contributed by atoms with van der Waals surface area (Å²) in [6, 6.07) is 0.553. The molecular weight excluding hydrogens is 226 g/mol. The number of carboxylic acid groups (broad SMARTS) is 1. The van der Waals surface area contributed by atoms with Gasteiger partial charge in [-0.1, -0.05) is 20.3 Å². The first-order chi connectivity index (χ1) is 8.49. The van der Waals surface area contributed by atoms with E-state index in [1.807, 2.05) is 0 Å². The molecule has 2 aliphatic rings. The summed E-state index contributed by atoms with van der Waals surface area (Å²) in [7, 11) is 0. The zero-order valence-electron chi connectivity index (χ0n) is 11.7. The number of hydrogen-bond donors (Lipinski definition) is 2. The maximum atomic E-state index is 10.9. The minimum atomic E-state index is -0.606. The third-order valence-corrected chi connectivity index (χ3v) is 5.21. The van der Waals surface area contributed by atoms with Gasteiger partial charge in [0.1, 0.15) is 0 Å². The van der Waals surface area contributed by atoms with Gasteiger partial charge in [-0.05, 0) is 56.4 Å². The number of carboxylic acids is 1. The summed E-state index contributed by atoms with van der Waals surface area (Å²) in [6.45, 7) is 5.89. The molecule has 1 unspecified atom stereocenters. The number of rotatable bonds is 4. The third-order valence-electron chi connectivity index (χ3n) is 5.21. The van der Waals surface area contributed by atoms with E-state index in [9.17, 15) is 4.79 Å². The van der Waals surface area contributed by atoms with Crippen LogP contribution in [-0.4, -0.2) is 23.7 Å². The van der Waals surface area contributed by atoms with E-state index in [4.69, 9.17) is 5.11 Å². The second kappa shape index (κ2) is 5.60. The molecule has 0 aliphatic heterocycles. The Morgan fingerprint density at radius 1 is 1.22 bits per heavy atom. The van der Waals surface area contributed by atoms with E-state index < -0.39 is 5.97 Å². The molecule has 2 saturated carbocycles. The molecule has 104 valence electrons. The first kappa shape index (κ1) is 13.9. The van der Waals surface area contributed by atoms with Crippen molar-refractivity contribution in [2.75, 3.05) is 6.54 Å². The molecule has 1 atom stereocenters. The number of aliphatic carboxylic acids is 1. The molecule has 0 aromatic heterocycles. The van der Waals surface area contributed by atoms with E-state index in [2.05, 4.69) is 19.2 Å². The topological polar surface area (TPSA) is 49.3 Å². The molecule has 0 bridgehead atoms. The Morgan fingerprint density at radius 2 is 1.89 bits per heavy atom. The summed E-state index contributed by atoms with van der Waals surface area (Å²) in [4.78, 5) is 10.9. The van der Waals surface area contributed by atoms with Gasteiger partial charge in [-0.25, -0.2) is 0 Å². The lowest BCUT2D eigenvalue weighted by Gasteiger charge is -2.32. The number of nitrogens with one attached hydrogen (secondary N) is 1. The second-order valence-corrected chi connectivity index (χ2v) is 6.87. The molecule has 2 aliphatic carbocycles. The van der Waals surface area contributed by atoms with Crippen LogP contribution in [0.25, 0.3) is 0 Å². The van der Waals surface area contributed by atoms with Gasteiger partial charge in [0.15, 0.2) is 0 Å². The fourth-order valence-electron chi connectivity index (χ4n) is 3.63. The van der Waals surface area contributed by atoms with E-state index in [1.54, 1.807) is 0 Å². The van der Waals surface area contributed by atoms with Crippen LogP contribution in [-0.2, 0) is 4.79 Å². The summed E-state index contributed by atoms with van der Waals surface area (Å²) in [6.07, 6.45) is 7.83. The van der Waals surface area contributed by atoms with Gasteiger partial charge >= 0.3 is 5.97 Å². The fraction of sp³-hybridized carbons (Fsp3) is 0.933. The van der Waals surface area contributed by atoms with Crippen molar-refractivity contribution >= 4 is 5.97 Å². The smallest absolute Gasteiger partial charge is 0.306 e. The lowest BCUT2D eigenvalue weighted by Crippen LogP contribution is -2.39. The fourth-order valence-corrected chi connectivity index (χ4v) is 3.63. The van der Waals surface area contributed by atoms with E-state index in [0.717, 1.165) is 38.1 Å². The van der Waals surface area contributed by atoms with Crippen LogP contribution in [0.1, 0.15) is 58.8 Å². The van der Waals surface area contributed by atoms with E-state index in [-0.39, 0.29) is 5.92 Å². The van der Waals surface area contributed by atoms with Crippen LogP contribution in [0, 0.1) is 17.3 Å². The second-order valence-electron chi connectivity index (χ2n) is 6.87. The summed E-state index contributed by atoms with van der Waals surface area (Å²) >= 11 is 0. The summed E-state index contributed by atoms with van der Waals surface area (Å²) in [5.74, 6) is 0.103.